The number of hydrazine groups is 1. The van der Waals surface area contributed by atoms with Crippen molar-refractivity contribution in [1.82, 2.24) is 20.2 Å². The predicted octanol–water partition coefficient (Wildman–Crippen LogP) is 2.54. The van der Waals surface area contributed by atoms with E-state index in [2.05, 4.69) is 15.8 Å². The Balaban J connectivity index is 1.28. The molecule has 1 saturated carbocycles. The van der Waals surface area contributed by atoms with Gasteiger partial charge in [0.25, 0.3) is 0 Å². The highest BCUT2D eigenvalue weighted by Crippen LogP contribution is 2.49. The molecule has 0 unspecified atom stereocenters. The minimum Gasteiger partial charge on any atom is -0.297 e. The largest absolute Gasteiger partial charge is 0.297 e. The highest BCUT2D eigenvalue weighted by atomic mass is 35.5. The molecule has 2 atom stereocenters. The molecule has 128 valence electrons. The highest BCUT2D eigenvalue weighted by Gasteiger charge is 2.44. The van der Waals surface area contributed by atoms with Crippen LogP contribution in [0.2, 0.25) is 5.02 Å². The number of thiazole rings is 1. The molecule has 1 aliphatic rings. The fourth-order valence-electron chi connectivity index (χ4n) is 2.90. The molecule has 1 aromatic carbocycles. The monoisotopic (exact) mass is 374 g/mol. The lowest BCUT2D eigenvalue weighted by Gasteiger charge is -2.07. The first-order valence-electron chi connectivity index (χ1n) is 7.86. The van der Waals surface area contributed by atoms with Crippen molar-refractivity contribution >= 4 is 39.7 Å². The van der Waals surface area contributed by atoms with Crippen LogP contribution in [0.25, 0.3) is 4.96 Å². The molecule has 6 nitrogen and oxygen atoms in total. The summed E-state index contributed by atoms with van der Waals surface area (Å²) >= 11 is 7.67. The van der Waals surface area contributed by atoms with E-state index in [0.29, 0.717) is 10.7 Å². The van der Waals surface area contributed by atoms with Crippen molar-refractivity contribution in [3.05, 3.63) is 58.3 Å². The molecule has 0 spiro atoms. The zero-order chi connectivity index (χ0) is 17.4. The number of imidazole rings is 1. The number of aromatic nitrogens is 2. The van der Waals surface area contributed by atoms with Gasteiger partial charge < -0.3 is 0 Å². The van der Waals surface area contributed by atoms with Gasteiger partial charge in [-0.3, -0.25) is 24.8 Å². The smallest absolute Gasteiger partial charge is 0.244 e. The average Bonchev–Trinajstić information content (AvgIpc) is 3.12. The minimum atomic E-state index is -0.297. The zero-order valence-electron chi connectivity index (χ0n) is 13.1. The predicted molar refractivity (Wildman–Crippen MR) is 95.4 cm³/mol. The Labute approximate surface area is 152 Å². The van der Waals surface area contributed by atoms with Crippen LogP contribution in [0.5, 0.6) is 0 Å². The summed E-state index contributed by atoms with van der Waals surface area (Å²) in [4.78, 5) is 29.3. The second-order valence-electron chi connectivity index (χ2n) is 6.01. The van der Waals surface area contributed by atoms with Crippen molar-refractivity contribution in [1.29, 1.82) is 0 Å². The van der Waals surface area contributed by atoms with E-state index in [4.69, 9.17) is 11.6 Å². The van der Waals surface area contributed by atoms with Gasteiger partial charge in [-0.2, -0.15) is 0 Å². The van der Waals surface area contributed by atoms with Crippen molar-refractivity contribution in [2.75, 3.05) is 0 Å². The van der Waals surface area contributed by atoms with Crippen LogP contribution >= 0.6 is 22.9 Å². The lowest BCUT2D eigenvalue weighted by Crippen LogP contribution is -2.43. The molecule has 1 fully saturated rings. The van der Waals surface area contributed by atoms with Crippen molar-refractivity contribution in [2.45, 2.75) is 18.8 Å². The van der Waals surface area contributed by atoms with Gasteiger partial charge in [-0.1, -0.05) is 29.8 Å². The third-order valence-corrected chi connectivity index (χ3v) is 5.36. The first-order chi connectivity index (χ1) is 12.1. The molecule has 0 saturated heterocycles. The number of nitrogens with zero attached hydrogens (tertiary/aromatic N) is 2. The van der Waals surface area contributed by atoms with E-state index in [1.165, 1.54) is 11.3 Å². The molecule has 0 aliphatic heterocycles. The van der Waals surface area contributed by atoms with Gasteiger partial charge in [-0.15, -0.1) is 11.3 Å². The molecular weight excluding hydrogens is 360 g/mol. The SMILES string of the molecule is O=C(Cc1cn2ccsc2n1)NNC(=O)[C@@H]1C[C@H]1c1ccccc1Cl. The van der Waals surface area contributed by atoms with E-state index in [1.807, 2.05) is 46.4 Å². The number of nitrogens with one attached hydrogen (secondary N) is 2. The minimum absolute atomic E-state index is 0.116. The molecule has 2 aromatic heterocycles. The Morgan fingerprint density at radius 3 is 2.96 bits per heavy atom. The molecule has 0 bridgehead atoms. The van der Waals surface area contributed by atoms with E-state index < -0.39 is 0 Å². The number of halogens is 1. The van der Waals surface area contributed by atoms with Gasteiger partial charge in [0.05, 0.1) is 12.1 Å². The third kappa shape index (κ3) is 3.38. The van der Waals surface area contributed by atoms with Gasteiger partial charge in [0.15, 0.2) is 4.96 Å². The van der Waals surface area contributed by atoms with Gasteiger partial charge in [0.2, 0.25) is 11.8 Å². The van der Waals surface area contributed by atoms with Crippen LogP contribution in [0.3, 0.4) is 0 Å². The Bertz CT molecular complexity index is 922. The van der Waals surface area contributed by atoms with Gasteiger partial charge in [-0.25, -0.2) is 4.98 Å². The number of fused-ring (bicyclic) bond motifs is 1. The van der Waals surface area contributed by atoms with Gasteiger partial charge in [-0.05, 0) is 24.0 Å². The maximum atomic E-state index is 12.2. The number of carbonyl (C=O) groups excluding carboxylic acids is 2. The van der Waals surface area contributed by atoms with E-state index in [-0.39, 0.29) is 30.1 Å². The Morgan fingerprint density at radius 2 is 2.16 bits per heavy atom. The maximum absolute atomic E-state index is 12.2. The van der Waals surface area contributed by atoms with Crippen LogP contribution < -0.4 is 10.9 Å². The number of benzene rings is 1. The van der Waals surface area contributed by atoms with Gasteiger partial charge >= 0.3 is 0 Å². The summed E-state index contributed by atoms with van der Waals surface area (Å²) in [7, 11) is 0. The summed E-state index contributed by atoms with van der Waals surface area (Å²) in [5, 5.41) is 2.60. The second kappa shape index (κ2) is 6.50. The van der Waals surface area contributed by atoms with E-state index >= 15 is 0 Å². The van der Waals surface area contributed by atoms with E-state index in [9.17, 15) is 9.59 Å². The summed E-state index contributed by atoms with van der Waals surface area (Å²) in [5.74, 6) is -0.526. The van der Waals surface area contributed by atoms with Crippen molar-refractivity contribution in [2.24, 2.45) is 5.92 Å². The summed E-state index contributed by atoms with van der Waals surface area (Å²) in [6, 6.07) is 7.53. The summed E-state index contributed by atoms with van der Waals surface area (Å²) in [6.45, 7) is 0. The topological polar surface area (TPSA) is 75.5 Å². The van der Waals surface area contributed by atoms with E-state index in [1.54, 1.807) is 0 Å². The molecular formula is C17H15ClN4O2S. The normalized spacial score (nSPS) is 18.9. The van der Waals surface area contributed by atoms with Crippen LogP contribution in [0.15, 0.2) is 42.0 Å². The summed E-state index contributed by atoms with van der Waals surface area (Å²) < 4.78 is 1.87. The number of hydrogen-bond donors (Lipinski definition) is 2. The summed E-state index contributed by atoms with van der Waals surface area (Å²) in [5.41, 5.74) is 6.60. The molecule has 3 aromatic rings. The number of rotatable bonds is 4. The quantitative estimate of drug-likeness (QED) is 0.689. The Kier molecular flexibility index (Phi) is 4.19. The lowest BCUT2D eigenvalue weighted by molar-refractivity contribution is -0.129. The molecule has 0 radical (unpaired) electrons. The third-order valence-electron chi connectivity index (χ3n) is 4.24. The molecule has 1 aliphatic carbocycles. The number of carbonyl (C=O) groups is 2. The number of hydrogen-bond acceptors (Lipinski definition) is 4. The Hall–Kier alpha value is -2.38. The van der Waals surface area contributed by atoms with Crippen LogP contribution in [-0.2, 0) is 16.0 Å². The van der Waals surface area contributed by atoms with Crippen LogP contribution in [0.1, 0.15) is 23.6 Å². The van der Waals surface area contributed by atoms with Crippen LogP contribution in [0.4, 0.5) is 0 Å². The molecule has 2 amide bonds. The first kappa shape index (κ1) is 16.1. The zero-order valence-corrected chi connectivity index (χ0v) is 14.7. The average molecular weight is 375 g/mol. The standard InChI is InChI=1S/C17H15ClN4O2S/c18-14-4-2-1-3-11(14)12-8-13(12)16(24)21-20-15(23)7-10-9-22-5-6-25-17(22)19-10/h1-6,9,12-13H,7-8H2,(H,20,23)(H,21,24)/t12-,13+/m0/s1. The fraction of sp³-hybridized carbons (Fsp3) is 0.235. The van der Waals surface area contributed by atoms with Crippen molar-refractivity contribution in [3.63, 3.8) is 0 Å². The Morgan fingerprint density at radius 1 is 1.32 bits per heavy atom. The van der Waals surface area contributed by atoms with Gasteiger partial charge in [0.1, 0.15) is 0 Å². The first-order valence-corrected chi connectivity index (χ1v) is 9.12. The molecule has 25 heavy (non-hydrogen) atoms. The van der Waals surface area contributed by atoms with Crippen molar-refractivity contribution in [3.8, 4) is 0 Å². The fourth-order valence-corrected chi connectivity index (χ4v) is 3.89. The van der Waals surface area contributed by atoms with Crippen LogP contribution in [0, 0.1) is 5.92 Å². The molecule has 2 N–H and O–H groups in total. The van der Waals surface area contributed by atoms with Crippen LogP contribution in [-0.4, -0.2) is 21.2 Å². The second-order valence-corrected chi connectivity index (χ2v) is 7.29. The van der Waals surface area contributed by atoms with Gasteiger partial charge in [0, 0.05) is 28.7 Å². The molecule has 4 rings (SSSR count). The molecule has 2 heterocycles. The van der Waals surface area contributed by atoms with E-state index in [0.717, 1.165) is 16.9 Å². The maximum Gasteiger partial charge on any atom is 0.244 e. The van der Waals surface area contributed by atoms with Crippen molar-refractivity contribution < 1.29 is 9.59 Å². The summed E-state index contributed by atoms with van der Waals surface area (Å²) in [6.07, 6.45) is 4.55. The molecule has 8 heteroatoms. The number of amides is 2. The lowest BCUT2D eigenvalue weighted by atomic mass is 10.1. The highest BCUT2D eigenvalue weighted by molar-refractivity contribution is 7.15.